The van der Waals surface area contributed by atoms with E-state index in [9.17, 15) is 9.59 Å². The Hall–Kier alpha value is -2.11. The molecule has 1 aliphatic rings. The van der Waals surface area contributed by atoms with Crippen LogP contribution in [0.1, 0.15) is 16.1 Å². The number of aromatic nitrogens is 1. The number of nitrogens with zero attached hydrogens (tertiary/aromatic N) is 3. The van der Waals surface area contributed by atoms with E-state index in [1.807, 2.05) is 0 Å². The largest absolute Gasteiger partial charge is 0.465 e. The highest BCUT2D eigenvalue weighted by Crippen LogP contribution is 2.11. The Labute approximate surface area is 105 Å². The first-order valence-corrected chi connectivity index (χ1v) is 5.65. The van der Waals surface area contributed by atoms with Crippen molar-refractivity contribution in [3.8, 4) is 0 Å². The van der Waals surface area contributed by atoms with Crippen molar-refractivity contribution in [2.24, 2.45) is 0 Å². The molecule has 1 aliphatic heterocycles. The minimum atomic E-state index is -0.411. The van der Waals surface area contributed by atoms with E-state index in [4.69, 9.17) is 0 Å². The van der Waals surface area contributed by atoms with Crippen molar-refractivity contribution >= 4 is 12.0 Å². The van der Waals surface area contributed by atoms with E-state index in [0.29, 0.717) is 18.7 Å². The second-order valence-corrected chi connectivity index (χ2v) is 4.16. The second kappa shape index (κ2) is 5.03. The van der Waals surface area contributed by atoms with Gasteiger partial charge in [0.15, 0.2) is 0 Å². The number of urea groups is 1. The molecule has 0 radical (unpaired) electrons. The SMILES string of the molecule is COC(=O)c1ccc(CN2CCN(C)C2=O)nc1. The summed E-state index contributed by atoms with van der Waals surface area (Å²) >= 11 is 0. The number of methoxy groups -OCH3 is 1. The maximum absolute atomic E-state index is 11.7. The van der Waals surface area contributed by atoms with Crippen LogP contribution in [-0.4, -0.2) is 54.0 Å². The number of rotatable bonds is 3. The molecule has 0 N–H and O–H groups in total. The topological polar surface area (TPSA) is 62.7 Å². The molecule has 18 heavy (non-hydrogen) atoms. The van der Waals surface area contributed by atoms with Gasteiger partial charge in [-0.05, 0) is 12.1 Å². The number of hydrogen-bond donors (Lipinski definition) is 0. The summed E-state index contributed by atoms with van der Waals surface area (Å²) in [5.41, 5.74) is 1.16. The molecular weight excluding hydrogens is 234 g/mol. The number of carbonyl (C=O) groups is 2. The zero-order chi connectivity index (χ0) is 13.1. The molecule has 0 unspecified atom stereocenters. The van der Waals surface area contributed by atoms with Gasteiger partial charge in [-0.15, -0.1) is 0 Å². The third kappa shape index (κ3) is 2.42. The van der Waals surface area contributed by atoms with Crippen LogP contribution in [-0.2, 0) is 11.3 Å². The Morgan fingerprint density at radius 2 is 2.22 bits per heavy atom. The van der Waals surface area contributed by atoms with Gasteiger partial charge in [0.1, 0.15) is 0 Å². The normalized spacial score (nSPS) is 15.1. The van der Waals surface area contributed by atoms with Gasteiger partial charge in [-0.3, -0.25) is 4.98 Å². The molecule has 1 saturated heterocycles. The molecule has 2 amide bonds. The van der Waals surface area contributed by atoms with Crippen LogP contribution in [0.3, 0.4) is 0 Å². The summed E-state index contributed by atoms with van der Waals surface area (Å²) in [6, 6.07) is 3.39. The van der Waals surface area contributed by atoms with Crippen molar-refractivity contribution in [2.45, 2.75) is 6.54 Å². The van der Waals surface area contributed by atoms with Crippen molar-refractivity contribution in [1.29, 1.82) is 0 Å². The summed E-state index contributed by atoms with van der Waals surface area (Å²) < 4.78 is 4.59. The summed E-state index contributed by atoms with van der Waals surface area (Å²) in [6.07, 6.45) is 1.46. The van der Waals surface area contributed by atoms with Gasteiger partial charge in [0.05, 0.1) is 24.9 Å². The van der Waals surface area contributed by atoms with E-state index in [1.165, 1.54) is 13.3 Å². The van der Waals surface area contributed by atoms with Gasteiger partial charge < -0.3 is 14.5 Å². The fraction of sp³-hybridized carbons (Fsp3) is 0.417. The van der Waals surface area contributed by atoms with Gasteiger partial charge in [0.2, 0.25) is 0 Å². The first kappa shape index (κ1) is 12.3. The van der Waals surface area contributed by atoms with Gasteiger partial charge in [-0.25, -0.2) is 9.59 Å². The first-order valence-electron chi connectivity index (χ1n) is 5.65. The van der Waals surface area contributed by atoms with Gasteiger partial charge in [-0.2, -0.15) is 0 Å². The van der Waals surface area contributed by atoms with Crippen LogP contribution in [0.2, 0.25) is 0 Å². The maximum atomic E-state index is 11.7. The van der Waals surface area contributed by atoms with E-state index in [0.717, 1.165) is 12.2 Å². The molecule has 0 spiro atoms. The lowest BCUT2D eigenvalue weighted by Crippen LogP contribution is -2.29. The lowest BCUT2D eigenvalue weighted by molar-refractivity contribution is 0.0600. The molecule has 1 aromatic heterocycles. The lowest BCUT2D eigenvalue weighted by atomic mass is 10.2. The van der Waals surface area contributed by atoms with E-state index < -0.39 is 5.97 Å². The van der Waals surface area contributed by atoms with Gasteiger partial charge in [0.25, 0.3) is 0 Å². The van der Waals surface area contributed by atoms with Crippen LogP contribution in [0, 0.1) is 0 Å². The maximum Gasteiger partial charge on any atom is 0.339 e. The van der Waals surface area contributed by atoms with Gasteiger partial charge in [0, 0.05) is 26.3 Å². The molecule has 0 atom stereocenters. The standard InChI is InChI=1S/C12H15N3O3/c1-14-5-6-15(12(14)17)8-10-4-3-9(7-13-10)11(16)18-2/h3-4,7H,5-6,8H2,1-2H3. The van der Waals surface area contributed by atoms with Crippen LogP contribution >= 0.6 is 0 Å². The molecule has 96 valence electrons. The van der Waals surface area contributed by atoms with Crippen LogP contribution < -0.4 is 0 Å². The van der Waals surface area contributed by atoms with Crippen LogP contribution in [0.25, 0.3) is 0 Å². The van der Waals surface area contributed by atoms with E-state index in [1.54, 1.807) is 29.0 Å². The summed E-state index contributed by atoms with van der Waals surface area (Å²) in [4.78, 5) is 30.5. The van der Waals surface area contributed by atoms with Crippen molar-refractivity contribution < 1.29 is 14.3 Å². The molecule has 0 aliphatic carbocycles. The quantitative estimate of drug-likeness (QED) is 0.741. The average Bonchev–Trinajstić information content (AvgIpc) is 2.71. The predicted octanol–water partition coefficient (Wildman–Crippen LogP) is 0.736. The molecule has 6 nitrogen and oxygen atoms in total. The van der Waals surface area contributed by atoms with Crippen molar-refractivity contribution in [3.05, 3.63) is 29.6 Å². The third-order valence-electron chi connectivity index (χ3n) is 2.90. The Bertz CT molecular complexity index is 458. The molecule has 2 rings (SSSR count). The number of carbonyl (C=O) groups excluding carboxylic acids is 2. The monoisotopic (exact) mass is 249 g/mol. The lowest BCUT2D eigenvalue weighted by Gasteiger charge is -2.15. The number of ether oxygens (including phenoxy) is 1. The zero-order valence-electron chi connectivity index (χ0n) is 10.4. The number of hydrogen-bond acceptors (Lipinski definition) is 4. The minimum Gasteiger partial charge on any atom is -0.465 e. The summed E-state index contributed by atoms with van der Waals surface area (Å²) in [7, 11) is 3.10. The fourth-order valence-electron chi connectivity index (χ4n) is 1.80. The van der Waals surface area contributed by atoms with Crippen molar-refractivity contribution in [3.63, 3.8) is 0 Å². The Morgan fingerprint density at radius 1 is 1.44 bits per heavy atom. The second-order valence-electron chi connectivity index (χ2n) is 4.16. The highest BCUT2D eigenvalue weighted by Gasteiger charge is 2.25. The Balaban J connectivity index is 2.03. The highest BCUT2D eigenvalue weighted by molar-refractivity contribution is 5.88. The average molecular weight is 249 g/mol. The summed E-state index contributed by atoms with van der Waals surface area (Å²) in [6.45, 7) is 1.90. The van der Waals surface area contributed by atoms with Crippen LogP contribution in [0.15, 0.2) is 18.3 Å². The summed E-state index contributed by atoms with van der Waals surface area (Å²) in [5.74, 6) is -0.411. The number of amides is 2. The minimum absolute atomic E-state index is 0.00819. The zero-order valence-corrected chi connectivity index (χ0v) is 10.4. The van der Waals surface area contributed by atoms with Crippen LogP contribution in [0.4, 0.5) is 4.79 Å². The highest BCUT2D eigenvalue weighted by atomic mass is 16.5. The summed E-state index contributed by atoms with van der Waals surface area (Å²) in [5, 5.41) is 0. The predicted molar refractivity (Wildman–Crippen MR) is 64.0 cm³/mol. The van der Waals surface area contributed by atoms with Crippen molar-refractivity contribution in [2.75, 3.05) is 27.2 Å². The Kier molecular flexibility index (Phi) is 3.45. The molecule has 1 aromatic rings. The van der Waals surface area contributed by atoms with Crippen molar-refractivity contribution in [1.82, 2.24) is 14.8 Å². The van der Waals surface area contributed by atoms with Gasteiger partial charge in [-0.1, -0.05) is 0 Å². The smallest absolute Gasteiger partial charge is 0.339 e. The van der Waals surface area contributed by atoms with Crippen LogP contribution in [0.5, 0.6) is 0 Å². The third-order valence-corrected chi connectivity index (χ3v) is 2.90. The molecule has 0 bridgehead atoms. The molecule has 1 fully saturated rings. The number of esters is 1. The molecule has 2 heterocycles. The molecule has 0 saturated carbocycles. The van der Waals surface area contributed by atoms with Gasteiger partial charge >= 0.3 is 12.0 Å². The van der Waals surface area contributed by atoms with E-state index >= 15 is 0 Å². The number of pyridine rings is 1. The first-order chi connectivity index (χ1) is 8.61. The van der Waals surface area contributed by atoms with E-state index in [2.05, 4.69) is 9.72 Å². The Morgan fingerprint density at radius 3 is 2.72 bits per heavy atom. The fourth-order valence-corrected chi connectivity index (χ4v) is 1.80. The molecular formula is C12H15N3O3. The molecule has 0 aromatic carbocycles. The van der Waals surface area contributed by atoms with E-state index in [-0.39, 0.29) is 6.03 Å². The number of likely N-dealkylation sites (N-methyl/N-ethyl adjacent to an activating group) is 1. The molecule has 6 heteroatoms.